The minimum absolute atomic E-state index is 0.0123. The summed E-state index contributed by atoms with van der Waals surface area (Å²) >= 11 is 0. The summed E-state index contributed by atoms with van der Waals surface area (Å²) in [5.41, 5.74) is 4.28. The quantitative estimate of drug-likeness (QED) is 0.800. The Hall–Kier alpha value is -1.24. The molecule has 1 aliphatic rings. The van der Waals surface area contributed by atoms with Crippen LogP contribution in [0.2, 0.25) is 0 Å². The predicted molar refractivity (Wildman–Crippen MR) is 58.5 cm³/mol. The number of hydrogen-bond acceptors (Lipinski definition) is 2. The molecule has 1 aliphatic carbocycles. The number of pyridine rings is 1. The Morgan fingerprint density at radius 2 is 1.63 bits per heavy atom. The van der Waals surface area contributed by atoms with Crippen LogP contribution in [-0.2, 0) is 11.7 Å². The van der Waals surface area contributed by atoms with Crippen LogP contribution in [-0.4, -0.2) is 10.9 Å². The van der Waals surface area contributed by atoms with Crippen molar-refractivity contribution in [1.29, 1.82) is 0 Å². The lowest BCUT2D eigenvalue weighted by atomic mass is 9.78. The summed E-state index contributed by atoms with van der Waals surface area (Å²) in [4.78, 5) is 3.70. The largest absolute Gasteiger partial charge is 0.417 e. The number of aromatic nitrogens is 1. The third-order valence-electron chi connectivity index (χ3n) is 3.47. The highest BCUT2D eigenvalue weighted by Gasteiger charge is 2.43. The van der Waals surface area contributed by atoms with E-state index >= 15 is 0 Å². The van der Waals surface area contributed by atoms with Gasteiger partial charge in [-0.2, -0.15) is 13.2 Å². The topological polar surface area (TPSA) is 38.9 Å². The molecule has 2 nitrogen and oxygen atoms in total. The number of nitrogens with two attached hydrogens (primary N) is 1. The van der Waals surface area contributed by atoms with E-state index in [4.69, 9.17) is 5.73 Å². The maximum atomic E-state index is 13.1. The molecule has 106 valence electrons. The fraction of sp³-hybridized carbons (Fsp3) is 0.583. The smallest absolute Gasteiger partial charge is 0.320 e. The molecule has 0 bridgehead atoms. The fourth-order valence-corrected chi connectivity index (χ4v) is 2.17. The van der Waals surface area contributed by atoms with Crippen LogP contribution in [0.3, 0.4) is 0 Å². The van der Waals surface area contributed by atoms with Crippen molar-refractivity contribution in [3.05, 3.63) is 29.6 Å². The van der Waals surface area contributed by atoms with Gasteiger partial charge in [-0.3, -0.25) is 4.98 Å². The minimum atomic E-state index is -4.47. The van der Waals surface area contributed by atoms with E-state index in [2.05, 4.69) is 4.98 Å². The molecule has 1 aromatic heterocycles. The molecule has 2 N–H and O–H groups in total. The van der Waals surface area contributed by atoms with Crippen LogP contribution in [0.4, 0.5) is 22.0 Å². The molecule has 1 saturated carbocycles. The average molecular weight is 280 g/mol. The van der Waals surface area contributed by atoms with Crippen LogP contribution in [0.15, 0.2) is 18.3 Å². The van der Waals surface area contributed by atoms with Crippen LogP contribution in [0.25, 0.3) is 0 Å². The van der Waals surface area contributed by atoms with Crippen molar-refractivity contribution >= 4 is 0 Å². The van der Waals surface area contributed by atoms with Crippen LogP contribution in [0, 0.1) is 0 Å². The number of alkyl halides is 5. The molecule has 0 aromatic carbocycles. The van der Waals surface area contributed by atoms with Gasteiger partial charge in [0.15, 0.2) is 0 Å². The Balaban J connectivity index is 2.19. The first-order valence-electron chi connectivity index (χ1n) is 5.83. The van der Waals surface area contributed by atoms with Crippen molar-refractivity contribution in [3.8, 4) is 0 Å². The Morgan fingerprint density at radius 3 is 2.05 bits per heavy atom. The molecule has 1 fully saturated rings. The summed E-state index contributed by atoms with van der Waals surface area (Å²) < 4.78 is 63.3. The van der Waals surface area contributed by atoms with Crippen molar-refractivity contribution in [2.45, 2.75) is 43.3 Å². The highest BCUT2D eigenvalue weighted by molar-refractivity contribution is 5.22. The first-order valence-corrected chi connectivity index (χ1v) is 5.83. The Kier molecular flexibility index (Phi) is 3.28. The van der Waals surface area contributed by atoms with Gasteiger partial charge in [0.2, 0.25) is 5.92 Å². The molecule has 2 rings (SSSR count). The molecule has 0 aliphatic heterocycles. The van der Waals surface area contributed by atoms with E-state index in [0.29, 0.717) is 6.20 Å². The summed E-state index contributed by atoms with van der Waals surface area (Å²) in [6.45, 7) is 0. The summed E-state index contributed by atoms with van der Waals surface area (Å²) in [6.07, 6.45) is -4.49. The molecular weight excluding hydrogens is 267 g/mol. The molecular formula is C12H13F5N2. The number of halogens is 5. The van der Waals surface area contributed by atoms with Gasteiger partial charge in [-0.1, -0.05) is 0 Å². The van der Waals surface area contributed by atoms with Gasteiger partial charge >= 0.3 is 6.18 Å². The van der Waals surface area contributed by atoms with Crippen LogP contribution >= 0.6 is 0 Å². The Bertz CT molecular complexity index is 442. The first kappa shape index (κ1) is 14.2. The monoisotopic (exact) mass is 280 g/mol. The number of rotatable bonds is 1. The molecule has 19 heavy (non-hydrogen) atoms. The summed E-state index contributed by atoms with van der Waals surface area (Å²) in [7, 11) is 0. The third kappa shape index (κ3) is 3.02. The average Bonchev–Trinajstić information content (AvgIpc) is 2.33. The normalized spacial score (nSPS) is 22.2. The van der Waals surface area contributed by atoms with Gasteiger partial charge in [-0.15, -0.1) is 0 Å². The lowest BCUT2D eigenvalue weighted by Gasteiger charge is -2.36. The Labute approximate surface area is 106 Å². The maximum absolute atomic E-state index is 13.1. The maximum Gasteiger partial charge on any atom is 0.417 e. The molecule has 0 atom stereocenters. The fourth-order valence-electron chi connectivity index (χ4n) is 2.17. The van der Waals surface area contributed by atoms with E-state index in [1.165, 1.54) is 6.07 Å². The zero-order chi connectivity index (χ0) is 14.3. The van der Waals surface area contributed by atoms with Crippen molar-refractivity contribution in [2.75, 3.05) is 0 Å². The third-order valence-corrected chi connectivity index (χ3v) is 3.47. The minimum Gasteiger partial charge on any atom is -0.320 e. The highest BCUT2D eigenvalue weighted by atomic mass is 19.4. The summed E-state index contributed by atoms with van der Waals surface area (Å²) in [5, 5.41) is 0. The van der Waals surface area contributed by atoms with Gasteiger partial charge < -0.3 is 5.73 Å². The standard InChI is InChI=1S/C12H13F5N2/c13-11(14)5-3-10(18,4-6-11)9-2-1-8(7-19-9)12(15,16)17/h1-2,7H,3-6,18H2. The molecule has 7 heteroatoms. The lowest BCUT2D eigenvalue weighted by Crippen LogP contribution is -2.44. The van der Waals surface area contributed by atoms with Gasteiger partial charge in [-0.25, -0.2) is 8.78 Å². The van der Waals surface area contributed by atoms with Crippen molar-refractivity contribution < 1.29 is 22.0 Å². The number of nitrogens with zero attached hydrogens (tertiary/aromatic N) is 1. The van der Waals surface area contributed by atoms with E-state index in [1.807, 2.05) is 0 Å². The van der Waals surface area contributed by atoms with Crippen molar-refractivity contribution in [2.24, 2.45) is 5.73 Å². The predicted octanol–water partition coefficient (Wildman–Crippen LogP) is 3.46. The van der Waals surface area contributed by atoms with Gasteiger partial charge in [0.1, 0.15) is 0 Å². The van der Waals surface area contributed by atoms with E-state index in [9.17, 15) is 22.0 Å². The molecule has 0 spiro atoms. The SMILES string of the molecule is NC1(c2ccc(C(F)(F)F)cn2)CCC(F)(F)CC1. The molecule has 0 unspecified atom stereocenters. The van der Waals surface area contributed by atoms with Gasteiger partial charge in [0.05, 0.1) is 16.8 Å². The van der Waals surface area contributed by atoms with Crippen LogP contribution in [0.5, 0.6) is 0 Å². The van der Waals surface area contributed by atoms with Crippen LogP contribution in [0.1, 0.15) is 36.9 Å². The Morgan fingerprint density at radius 1 is 1.05 bits per heavy atom. The van der Waals surface area contributed by atoms with Gasteiger partial charge in [0, 0.05) is 19.0 Å². The van der Waals surface area contributed by atoms with E-state index in [-0.39, 0.29) is 31.4 Å². The van der Waals surface area contributed by atoms with Gasteiger partial charge in [-0.05, 0) is 25.0 Å². The second-order valence-electron chi connectivity index (χ2n) is 4.94. The van der Waals surface area contributed by atoms with E-state index in [0.717, 1.165) is 6.07 Å². The van der Waals surface area contributed by atoms with E-state index in [1.54, 1.807) is 0 Å². The lowest BCUT2D eigenvalue weighted by molar-refractivity contribution is -0.137. The zero-order valence-corrected chi connectivity index (χ0v) is 9.97. The molecule has 1 aromatic rings. The highest BCUT2D eigenvalue weighted by Crippen LogP contribution is 2.42. The summed E-state index contributed by atoms with van der Waals surface area (Å²) in [5.74, 6) is -2.74. The molecule has 0 saturated heterocycles. The van der Waals surface area contributed by atoms with Gasteiger partial charge in [0.25, 0.3) is 0 Å². The van der Waals surface area contributed by atoms with E-state index < -0.39 is 23.2 Å². The molecule has 0 amide bonds. The molecule has 1 heterocycles. The first-order chi connectivity index (χ1) is 8.62. The zero-order valence-electron chi connectivity index (χ0n) is 9.97. The van der Waals surface area contributed by atoms with Crippen molar-refractivity contribution in [3.63, 3.8) is 0 Å². The number of hydrogen-bond donors (Lipinski definition) is 1. The second-order valence-corrected chi connectivity index (χ2v) is 4.94. The molecule has 0 radical (unpaired) electrons. The second kappa shape index (κ2) is 4.40. The summed E-state index contributed by atoms with van der Waals surface area (Å²) in [6, 6.07) is 2.05. The van der Waals surface area contributed by atoms with Crippen molar-refractivity contribution in [1.82, 2.24) is 4.98 Å². The van der Waals surface area contributed by atoms with Crippen LogP contribution < -0.4 is 5.73 Å².